The van der Waals surface area contributed by atoms with E-state index in [-0.39, 0.29) is 18.7 Å². The fraction of sp³-hybridized carbons (Fsp3) is 0.647. The Balaban J connectivity index is 2.09. The highest BCUT2D eigenvalue weighted by Gasteiger charge is 2.21. The zero-order valence-corrected chi connectivity index (χ0v) is 14.6. The second-order valence-electron chi connectivity index (χ2n) is 6.28. The summed E-state index contributed by atoms with van der Waals surface area (Å²) in [6.45, 7) is 2.50. The molecule has 1 saturated carbocycles. The van der Waals surface area contributed by atoms with Crippen LogP contribution in [0.2, 0.25) is 0 Å². The maximum Gasteiger partial charge on any atom is 0.240 e. The molecule has 130 valence electrons. The fourth-order valence-electron chi connectivity index (χ4n) is 3.03. The molecule has 1 unspecified atom stereocenters. The highest BCUT2D eigenvalue weighted by Crippen LogP contribution is 2.21. The van der Waals surface area contributed by atoms with E-state index < -0.39 is 10.0 Å². The first-order valence-corrected chi connectivity index (χ1v) is 9.98. The number of aliphatic hydroxyl groups excluding tert-OH is 1. The largest absolute Gasteiger partial charge is 0.395 e. The molecule has 1 aliphatic rings. The van der Waals surface area contributed by atoms with Gasteiger partial charge in [0.25, 0.3) is 0 Å². The van der Waals surface area contributed by atoms with Crippen molar-refractivity contribution in [1.82, 2.24) is 10.0 Å². The van der Waals surface area contributed by atoms with Crippen molar-refractivity contribution in [2.75, 3.05) is 13.2 Å². The van der Waals surface area contributed by atoms with Crippen LogP contribution < -0.4 is 10.0 Å². The standard InChI is InChI=1S/C17H28N2O3S/c1-14(18-11-12-20)15-7-6-10-17(13-15)23(21,22)19-16-8-4-2-3-5-9-16/h6-7,10,13-14,16,18-20H,2-5,8-9,11-12H2,1H3. The van der Waals surface area contributed by atoms with Gasteiger partial charge in [-0.1, -0.05) is 37.8 Å². The van der Waals surface area contributed by atoms with Gasteiger partial charge in [-0.3, -0.25) is 0 Å². The van der Waals surface area contributed by atoms with Crippen LogP contribution >= 0.6 is 0 Å². The van der Waals surface area contributed by atoms with Gasteiger partial charge in [-0.05, 0) is 37.5 Å². The Kier molecular flexibility index (Phi) is 7.02. The predicted octanol–water partition coefficient (Wildman–Crippen LogP) is 2.33. The molecule has 3 N–H and O–H groups in total. The molecule has 0 amide bonds. The van der Waals surface area contributed by atoms with E-state index in [0.29, 0.717) is 11.4 Å². The predicted molar refractivity (Wildman–Crippen MR) is 91.8 cm³/mol. The van der Waals surface area contributed by atoms with Crippen molar-refractivity contribution in [2.45, 2.75) is 62.4 Å². The zero-order valence-electron chi connectivity index (χ0n) is 13.8. The summed E-state index contributed by atoms with van der Waals surface area (Å²) in [5.74, 6) is 0. The first kappa shape index (κ1) is 18.4. The summed E-state index contributed by atoms with van der Waals surface area (Å²) in [5, 5.41) is 12.0. The van der Waals surface area contributed by atoms with Crippen LogP contribution in [-0.4, -0.2) is 32.7 Å². The lowest BCUT2D eigenvalue weighted by atomic mass is 10.1. The molecule has 1 atom stereocenters. The van der Waals surface area contributed by atoms with Crippen LogP contribution in [0, 0.1) is 0 Å². The Bertz CT molecular complexity index is 581. The molecule has 6 heteroatoms. The Morgan fingerprint density at radius 2 is 1.91 bits per heavy atom. The molecule has 0 aliphatic heterocycles. The third-order valence-electron chi connectivity index (χ3n) is 4.41. The van der Waals surface area contributed by atoms with Gasteiger partial charge in [-0.25, -0.2) is 13.1 Å². The fourth-order valence-corrected chi connectivity index (χ4v) is 4.39. The van der Waals surface area contributed by atoms with Gasteiger partial charge in [-0.2, -0.15) is 0 Å². The number of benzene rings is 1. The molecule has 1 aromatic rings. The van der Waals surface area contributed by atoms with Crippen LogP contribution in [0.3, 0.4) is 0 Å². The van der Waals surface area contributed by atoms with E-state index in [4.69, 9.17) is 5.11 Å². The molecule has 0 saturated heterocycles. The quantitative estimate of drug-likeness (QED) is 0.666. The Labute approximate surface area is 139 Å². The smallest absolute Gasteiger partial charge is 0.240 e. The van der Waals surface area contributed by atoms with Crippen LogP contribution in [0.25, 0.3) is 0 Å². The Hall–Kier alpha value is -0.950. The highest BCUT2D eigenvalue weighted by atomic mass is 32.2. The van der Waals surface area contributed by atoms with E-state index in [2.05, 4.69) is 10.0 Å². The SMILES string of the molecule is CC(NCCO)c1cccc(S(=O)(=O)NC2CCCCCC2)c1. The minimum absolute atomic E-state index is 0.00446. The van der Waals surface area contributed by atoms with E-state index >= 15 is 0 Å². The summed E-state index contributed by atoms with van der Waals surface area (Å²) >= 11 is 0. The van der Waals surface area contributed by atoms with Gasteiger partial charge in [0.2, 0.25) is 10.0 Å². The molecule has 1 aliphatic carbocycles. The molecule has 1 fully saturated rings. The van der Waals surface area contributed by atoms with Crippen LogP contribution in [-0.2, 0) is 10.0 Å². The molecule has 0 aromatic heterocycles. The van der Waals surface area contributed by atoms with Crippen molar-refractivity contribution in [2.24, 2.45) is 0 Å². The van der Waals surface area contributed by atoms with Gasteiger partial charge in [0.05, 0.1) is 11.5 Å². The second kappa shape index (κ2) is 8.78. The molecule has 0 heterocycles. The van der Waals surface area contributed by atoms with Crippen LogP contribution in [0.5, 0.6) is 0 Å². The third kappa shape index (κ3) is 5.57. The van der Waals surface area contributed by atoms with Crippen molar-refractivity contribution in [3.8, 4) is 0 Å². The van der Waals surface area contributed by atoms with Gasteiger partial charge >= 0.3 is 0 Å². The highest BCUT2D eigenvalue weighted by molar-refractivity contribution is 7.89. The molecule has 23 heavy (non-hydrogen) atoms. The molecule has 5 nitrogen and oxygen atoms in total. The monoisotopic (exact) mass is 340 g/mol. The average Bonchev–Trinajstić information content (AvgIpc) is 2.81. The summed E-state index contributed by atoms with van der Waals surface area (Å²) in [6, 6.07) is 7.08. The van der Waals surface area contributed by atoms with Crippen LogP contribution in [0.15, 0.2) is 29.2 Å². The third-order valence-corrected chi connectivity index (χ3v) is 5.93. The van der Waals surface area contributed by atoms with Crippen molar-refractivity contribution < 1.29 is 13.5 Å². The lowest BCUT2D eigenvalue weighted by Gasteiger charge is -2.18. The van der Waals surface area contributed by atoms with Crippen molar-refractivity contribution in [3.63, 3.8) is 0 Å². The Morgan fingerprint density at radius 3 is 2.57 bits per heavy atom. The number of hydrogen-bond donors (Lipinski definition) is 3. The number of hydrogen-bond acceptors (Lipinski definition) is 4. The van der Waals surface area contributed by atoms with Crippen LogP contribution in [0.1, 0.15) is 57.1 Å². The number of sulfonamides is 1. The second-order valence-corrected chi connectivity index (χ2v) is 8.00. The zero-order chi connectivity index (χ0) is 16.7. The van der Waals surface area contributed by atoms with E-state index in [9.17, 15) is 8.42 Å². The first-order chi connectivity index (χ1) is 11.0. The summed E-state index contributed by atoms with van der Waals surface area (Å²) in [7, 11) is -3.48. The van der Waals surface area contributed by atoms with Crippen molar-refractivity contribution in [3.05, 3.63) is 29.8 Å². The van der Waals surface area contributed by atoms with Crippen molar-refractivity contribution in [1.29, 1.82) is 0 Å². The number of nitrogens with one attached hydrogen (secondary N) is 2. The minimum Gasteiger partial charge on any atom is -0.395 e. The van der Waals surface area contributed by atoms with Gasteiger partial charge in [0, 0.05) is 18.6 Å². The van der Waals surface area contributed by atoms with Gasteiger partial charge in [0.1, 0.15) is 0 Å². The molecule has 2 rings (SSSR count). The van der Waals surface area contributed by atoms with Crippen molar-refractivity contribution >= 4 is 10.0 Å². The lowest BCUT2D eigenvalue weighted by molar-refractivity contribution is 0.286. The molecule has 1 aromatic carbocycles. The molecular weight excluding hydrogens is 312 g/mol. The van der Waals surface area contributed by atoms with E-state index in [1.807, 2.05) is 13.0 Å². The lowest BCUT2D eigenvalue weighted by Crippen LogP contribution is -2.34. The number of aliphatic hydroxyl groups is 1. The summed E-state index contributed by atoms with van der Waals surface area (Å²) < 4.78 is 28.1. The molecule has 0 radical (unpaired) electrons. The summed E-state index contributed by atoms with van der Waals surface area (Å²) in [4.78, 5) is 0.317. The van der Waals surface area contributed by atoms with Gasteiger partial charge in [-0.15, -0.1) is 0 Å². The maximum absolute atomic E-state index is 12.6. The van der Waals surface area contributed by atoms with Gasteiger partial charge in [0.15, 0.2) is 0 Å². The molecular formula is C17H28N2O3S. The molecule has 0 spiro atoms. The van der Waals surface area contributed by atoms with E-state index in [1.165, 1.54) is 12.8 Å². The van der Waals surface area contributed by atoms with E-state index in [0.717, 1.165) is 31.2 Å². The summed E-state index contributed by atoms with van der Waals surface area (Å²) in [6.07, 6.45) is 6.43. The average molecular weight is 340 g/mol. The first-order valence-electron chi connectivity index (χ1n) is 8.49. The minimum atomic E-state index is -3.48. The van der Waals surface area contributed by atoms with Gasteiger partial charge < -0.3 is 10.4 Å². The Morgan fingerprint density at radius 1 is 1.22 bits per heavy atom. The summed E-state index contributed by atoms with van der Waals surface area (Å²) in [5.41, 5.74) is 0.905. The molecule has 0 bridgehead atoms. The topological polar surface area (TPSA) is 78.4 Å². The van der Waals surface area contributed by atoms with E-state index in [1.54, 1.807) is 18.2 Å². The normalized spacial score (nSPS) is 18.5. The van der Waals surface area contributed by atoms with Crippen LogP contribution in [0.4, 0.5) is 0 Å². The maximum atomic E-state index is 12.6. The number of rotatable bonds is 7.